The minimum atomic E-state index is -0.746. The zero-order chi connectivity index (χ0) is 26.6. The fraction of sp³-hybridized carbons (Fsp3) is 0.0333. The van der Waals surface area contributed by atoms with Gasteiger partial charge in [0.15, 0.2) is 0 Å². The summed E-state index contributed by atoms with van der Waals surface area (Å²) in [5.41, 5.74) is 2.03. The predicted octanol–water partition coefficient (Wildman–Crippen LogP) is 7.26. The van der Waals surface area contributed by atoms with Crippen molar-refractivity contribution in [1.82, 2.24) is 0 Å². The average molecular weight is 588 g/mol. The normalized spacial score (nSPS) is 13.6. The topological polar surface area (TPSA) is 66.9 Å². The second kappa shape index (κ2) is 11.0. The molecule has 0 aromatic heterocycles. The molecule has 0 spiro atoms. The molecule has 1 heterocycles. The molecule has 0 radical (unpaired) electrons. The van der Waals surface area contributed by atoms with Crippen molar-refractivity contribution in [2.24, 2.45) is 0 Å². The van der Waals surface area contributed by atoms with Gasteiger partial charge in [-0.3, -0.25) is 9.59 Å². The van der Waals surface area contributed by atoms with E-state index in [-0.39, 0.29) is 5.57 Å². The van der Waals surface area contributed by atoms with Gasteiger partial charge in [-0.05, 0) is 65.7 Å². The Bertz CT molecular complexity index is 1480. The number of carbonyl (C=O) groups is 3. The highest BCUT2D eigenvalue weighted by Crippen LogP contribution is 2.31. The van der Waals surface area contributed by atoms with Gasteiger partial charge in [-0.2, -0.15) is 0 Å². The molecule has 1 aliphatic heterocycles. The monoisotopic (exact) mass is 586 g/mol. The van der Waals surface area contributed by atoms with Crippen molar-refractivity contribution >= 4 is 62.8 Å². The van der Waals surface area contributed by atoms with Crippen LogP contribution in [-0.2, 0) is 16.2 Å². The molecule has 0 atom stereocenters. The zero-order valence-corrected chi connectivity index (χ0v) is 22.2. The maximum atomic E-state index is 13.5. The Kier molecular flexibility index (Phi) is 7.40. The van der Waals surface area contributed by atoms with Gasteiger partial charge in [0, 0.05) is 4.47 Å². The van der Waals surface area contributed by atoms with E-state index in [9.17, 15) is 14.4 Å². The summed E-state index contributed by atoms with van der Waals surface area (Å²) in [6.07, 6.45) is 1.44. The standard InChI is InChI=1S/C30H20BrClN2O4/c31-22-14-11-20(12-15-22)19-38-27-16-13-21(18-26(27)32)17-25-28(35)33(23-7-3-1-4-8-23)30(37)34(29(25)36)24-9-5-2-6-10-24/h1-18H,19H2. The van der Waals surface area contributed by atoms with Crippen LogP contribution in [0.1, 0.15) is 11.1 Å². The van der Waals surface area contributed by atoms with Crippen LogP contribution in [-0.4, -0.2) is 17.8 Å². The molecule has 6 nitrogen and oxygen atoms in total. The van der Waals surface area contributed by atoms with E-state index in [0.717, 1.165) is 19.8 Å². The van der Waals surface area contributed by atoms with Gasteiger partial charge < -0.3 is 4.74 Å². The molecule has 4 aromatic carbocycles. The number of barbiturate groups is 1. The van der Waals surface area contributed by atoms with Crippen LogP contribution in [0.25, 0.3) is 6.08 Å². The van der Waals surface area contributed by atoms with Gasteiger partial charge in [-0.1, -0.05) is 82.1 Å². The van der Waals surface area contributed by atoms with Crippen molar-refractivity contribution < 1.29 is 19.1 Å². The third kappa shape index (κ3) is 5.25. The molecule has 0 bridgehead atoms. The molecular weight excluding hydrogens is 568 g/mol. The first-order valence-electron chi connectivity index (χ1n) is 11.6. The number of amides is 4. The first-order chi connectivity index (χ1) is 18.4. The lowest BCUT2D eigenvalue weighted by Crippen LogP contribution is -2.57. The van der Waals surface area contributed by atoms with Gasteiger partial charge in [0.25, 0.3) is 11.8 Å². The SMILES string of the molecule is O=C1C(=Cc2ccc(OCc3ccc(Br)cc3)c(Cl)c2)C(=O)N(c2ccccc2)C(=O)N1c1ccccc1. The van der Waals surface area contributed by atoms with Crippen molar-refractivity contribution in [2.45, 2.75) is 6.61 Å². The van der Waals surface area contributed by atoms with Crippen LogP contribution in [0.4, 0.5) is 16.2 Å². The number of benzene rings is 4. The van der Waals surface area contributed by atoms with Crippen molar-refractivity contribution in [3.8, 4) is 5.75 Å². The Balaban J connectivity index is 1.47. The number of nitrogens with zero attached hydrogens (tertiary/aromatic N) is 2. The number of para-hydroxylation sites is 2. The summed E-state index contributed by atoms with van der Waals surface area (Å²) in [5.74, 6) is -0.972. The molecule has 8 heteroatoms. The van der Waals surface area contributed by atoms with Gasteiger partial charge in [-0.15, -0.1) is 0 Å². The largest absolute Gasteiger partial charge is 0.487 e. The fourth-order valence-electron chi connectivity index (χ4n) is 3.97. The number of carbonyl (C=O) groups excluding carboxylic acids is 3. The molecule has 0 unspecified atom stereocenters. The van der Waals surface area contributed by atoms with E-state index in [2.05, 4.69) is 15.9 Å². The minimum absolute atomic E-state index is 0.170. The molecule has 1 saturated heterocycles. The van der Waals surface area contributed by atoms with Crippen molar-refractivity contribution in [2.75, 3.05) is 9.80 Å². The summed E-state index contributed by atoms with van der Waals surface area (Å²) in [4.78, 5) is 42.4. The molecule has 1 fully saturated rings. The number of ether oxygens (including phenoxy) is 1. The number of halogens is 2. The molecular formula is C30H20BrClN2O4. The predicted molar refractivity (Wildman–Crippen MR) is 151 cm³/mol. The first kappa shape index (κ1) is 25.4. The fourth-order valence-corrected chi connectivity index (χ4v) is 4.48. The summed E-state index contributed by atoms with van der Waals surface area (Å²) in [6, 6.07) is 29.0. The average Bonchev–Trinajstić information content (AvgIpc) is 2.93. The van der Waals surface area contributed by atoms with Crippen LogP contribution in [0.2, 0.25) is 5.02 Å². The van der Waals surface area contributed by atoms with Crippen LogP contribution in [0.3, 0.4) is 0 Å². The lowest BCUT2D eigenvalue weighted by molar-refractivity contribution is -0.121. The Morgan fingerprint density at radius 3 is 1.82 bits per heavy atom. The van der Waals surface area contributed by atoms with Crippen LogP contribution < -0.4 is 14.5 Å². The third-order valence-corrected chi connectivity index (χ3v) is 6.68. The lowest BCUT2D eigenvalue weighted by atomic mass is 10.0. The van der Waals surface area contributed by atoms with E-state index in [1.165, 1.54) is 6.08 Å². The second-order valence-corrected chi connectivity index (χ2v) is 9.72. The molecule has 1 aliphatic rings. The Hall–Kier alpha value is -4.20. The highest BCUT2D eigenvalue weighted by atomic mass is 79.9. The first-order valence-corrected chi connectivity index (χ1v) is 12.8. The maximum absolute atomic E-state index is 13.5. The Labute approximate surface area is 232 Å². The van der Waals surface area contributed by atoms with Crippen LogP contribution >= 0.6 is 27.5 Å². The van der Waals surface area contributed by atoms with E-state index in [1.54, 1.807) is 78.9 Å². The van der Waals surface area contributed by atoms with Crippen LogP contribution in [0.5, 0.6) is 5.75 Å². The smallest absolute Gasteiger partial charge is 0.343 e. The second-order valence-electron chi connectivity index (χ2n) is 8.40. The van der Waals surface area contributed by atoms with Crippen LogP contribution in [0.15, 0.2) is 113 Å². The van der Waals surface area contributed by atoms with E-state index >= 15 is 0 Å². The number of anilines is 2. The number of urea groups is 1. The van der Waals surface area contributed by atoms with Gasteiger partial charge in [0.05, 0.1) is 16.4 Å². The molecule has 0 saturated carbocycles. The Morgan fingerprint density at radius 1 is 0.737 bits per heavy atom. The molecule has 38 heavy (non-hydrogen) atoms. The molecule has 4 aromatic rings. The van der Waals surface area contributed by atoms with Gasteiger partial charge in [0.2, 0.25) is 0 Å². The number of rotatable bonds is 6. The summed E-state index contributed by atoms with van der Waals surface area (Å²) in [6.45, 7) is 0.324. The molecule has 188 valence electrons. The molecule has 0 N–H and O–H groups in total. The van der Waals surface area contributed by atoms with E-state index in [4.69, 9.17) is 16.3 Å². The molecule has 4 amide bonds. The number of imide groups is 2. The van der Waals surface area contributed by atoms with Crippen molar-refractivity contribution in [3.63, 3.8) is 0 Å². The summed E-state index contributed by atoms with van der Waals surface area (Å²) >= 11 is 9.88. The summed E-state index contributed by atoms with van der Waals surface area (Å²) in [5, 5.41) is 0.322. The van der Waals surface area contributed by atoms with Gasteiger partial charge in [-0.25, -0.2) is 14.6 Å². The number of hydrogen-bond acceptors (Lipinski definition) is 4. The molecule has 0 aliphatic carbocycles. The minimum Gasteiger partial charge on any atom is -0.487 e. The Morgan fingerprint density at radius 2 is 1.29 bits per heavy atom. The zero-order valence-electron chi connectivity index (χ0n) is 19.9. The summed E-state index contributed by atoms with van der Waals surface area (Å²) in [7, 11) is 0. The van der Waals surface area contributed by atoms with E-state index < -0.39 is 17.8 Å². The molecule has 5 rings (SSSR count). The summed E-state index contributed by atoms with van der Waals surface area (Å²) < 4.78 is 6.82. The quantitative estimate of drug-likeness (QED) is 0.176. The van der Waals surface area contributed by atoms with Gasteiger partial charge >= 0.3 is 6.03 Å². The van der Waals surface area contributed by atoms with Crippen molar-refractivity contribution in [1.29, 1.82) is 0 Å². The highest BCUT2D eigenvalue weighted by molar-refractivity contribution is 9.10. The van der Waals surface area contributed by atoms with Crippen LogP contribution in [0, 0.1) is 0 Å². The van der Waals surface area contributed by atoms with Gasteiger partial charge in [0.1, 0.15) is 17.9 Å². The highest BCUT2D eigenvalue weighted by Gasteiger charge is 2.43. The lowest BCUT2D eigenvalue weighted by Gasteiger charge is -2.33. The van der Waals surface area contributed by atoms with E-state index in [0.29, 0.717) is 34.3 Å². The van der Waals surface area contributed by atoms with Crippen molar-refractivity contribution in [3.05, 3.63) is 129 Å². The van der Waals surface area contributed by atoms with E-state index in [1.807, 2.05) is 24.3 Å². The maximum Gasteiger partial charge on any atom is 0.343 e. The number of hydrogen-bond donors (Lipinski definition) is 0. The third-order valence-electron chi connectivity index (χ3n) is 5.85.